The molecule has 0 saturated heterocycles. The normalized spacial score (nSPS) is 16.8. The van der Waals surface area contributed by atoms with Gasteiger partial charge in [-0.15, -0.1) is 0 Å². The molecule has 5 rings (SSSR count). The number of aromatic amines is 1. The van der Waals surface area contributed by atoms with Gasteiger partial charge in [-0.25, -0.2) is 9.97 Å². The van der Waals surface area contributed by atoms with Crippen LogP contribution in [0.1, 0.15) is 62.0 Å². The van der Waals surface area contributed by atoms with E-state index in [2.05, 4.69) is 59.4 Å². The molecule has 3 N–H and O–H groups in total. The minimum absolute atomic E-state index is 0.147. The van der Waals surface area contributed by atoms with Crippen molar-refractivity contribution in [1.82, 2.24) is 24.7 Å². The van der Waals surface area contributed by atoms with Gasteiger partial charge in [0, 0.05) is 30.0 Å². The molecule has 0 fully saturated rings. The van der Waals surface area contributed by atoms with E-state index in [4.69, 9.17) is 10.7 Å². The summed E-state index contributed by atoms with van der Waals surface area (Å²) in [6.45, 7) is 6.27. The van der Waals surface area contributed by atoms with Crippen molar-refractivity contribution in [2.45, 2.75) is 58.5 Å². The van der Waals surface area contributed by atoms with Gasteiger partial charge in [-0.3, -0.25) is 4.68 Å². The highest BCUT2D eigenvalue weighted by molar-refractivity contribution is 5.91. The van der Waals surface area contributed by atoms with Crippen molar-refractivity contribution in [2.24, 2.45) is 5.73 Å². The first-order chi connectivity index (χ1) is 14.5. The molecule has 30 heavy (non-hydrogen) atoms. The van der Waals surface area contributed by atoms with Crippen molar-refractivity contribution in [3.8, 4) is 22.5 Å². The van der Waals surface area contributed by atoms with Crippen molar-refractivity contribution in [3.05, 3.63) is 53.5 Å². The molecule has 6 heteroatoms. The van der Waals surface area contributed by atoms with Crippen LogP contribution in [0.2, 0.25) is 0 Å². The molecule has 0 spiro atoms. The number of nitrogens with zero attached hydrogens (tertiary/aromatic N) is 4. The van der Waals surface area contributed by atoms with Gasteiger partial charge < -0.3 is 10.7 Å². The summed E-state index contributed by atoms with van der Waals surface area (Å²) in [4.78, 5) is 12.8. The van der Waals surface area contributed by atoms with Crippen LogP contribution in [0.5, 0.6) is 0 Å². The first-order valence-electron chi connectivity index (χ1n) is 10.8. The standard InChI is InChI=1S/C24H28N6/c1-14(2)30-13-20(15(3)29-30)23-27-22-19(10-11-26-24(22)28-23)17-8-9-18-16(12-17)6-4-5-7-21(18)25/h8-14,21H,4-7,25H2,1-3H3,(H,26,27,28)/t21-/m0/s1. The predicted octanol–water partition coefficient (Wildman–Crippen LogP) is 5.10. The number of nitrogens with two attached hydrogens (primary N) is 1. The lowest BCUT2D eigenvalue weighted by Gasteiger charge is -2.14. The van der Waals surface area contributed by atoms with Gasteiger partial charge in [0.2, 0.25) is 0 Å². The van der Waals surface area contributed by atoms with Gasteiger partial charge in [0.15, 0.2) is 5.65 Å². The van der Waals surface area contributed by atoms with Crippen LogP contribution in [-0.4, -0.2) is 24.7 Å². The molecule has 3 aromatic heterocycles. The lowest BCUT2D eigenvalue weighted by molar-refractivity contribution is 0.529. The molecule has 1 aliphatic carbocycles. The predicted molar refractivity (Wildman–Crippen MR) is 120 cm³/mol. The molecule has 154 valence electrons. The van der Waals surface area contributed by atoms with Crippen LogP contribution in [0.3, 0.4) is 0 Å². The first kappa shape index (κ1) is 19.0. The van der Waals surface area contributed by atoms with Crippen LogP contribution in [0.4, 0.5) is 0 Å². The maximum atomic E-state index is 6.40. The summed E-state index contributed by atoms with van der Waals surface area (Å²) in [6.07, 6.45) is 8.44. The van der Waals surface area contributed by atoms with E-state index in [1.54, 1.807) is 0 Å². The third-order valence-electron chi connectivity index (χ3n) is 6.16. The number of H-pyrrole nitrogens is 1. The fourth-order valence-corrected chi connectivity index (χ4v) is 4.44. The zero-order valence-electron chi connectivity index (χ0n) is 17.8. The van der Waals surface area contributed by atoms with E-state index in [1.807, 2.05) is 17.8 Å². The molecule has 1 aliphatic rings. The van der Waals surface area contributed by atoms with Crippen molar-refractivity contribution < 1.29 is 0 Å². The number of aromatic nitrogens is 5. The molecular weight excluding hydrogens is 372 g/mol. The summed E-state index contributed by atoms with van der Waals surface area (Å²) in [5.74, 6) is 0.811. The molecule has 0 aliphatic heterocycles. The topological polar surface area (TPSA) is 85.4 Å². The van der Waals surface area contributed by atoms with Crippen molar-refractivity contribution in [2.75, 3.05) is 0 Å². The Labute approximate surface area is 176 Å². The maximum Gasteiger partial charge on any atom is 0.178 e. The minimum atomic E-state index is 0.147. The summed E-state index contributed by atoms with van der Waals surface area (Å²) >= 11 is 0. The van der Waals surface area contributed by atoms with Crippen LogP contribution >= 0.6 is 0 Å². The molecule has 1 aromatic carbocycles. The SMILES string of the molecule is Cc1nn(C(C)C)cc1-c1nc2nccc(-c3ccc4c(c3)CCCC[C@@H]4N)c2[nH]1. The summed E-state index contributed by atoms with van der Waals surface area (Å²) in [5.41, 5.74) is 15.0. The largest absolute Gasteiger partial charge is 0.336 e. The Morgan fingerprint density at radius 3 is 2.83 bits per heavy atom. The number of rotatable bonds is 3. The fourth-order valence-electron chi connectivity index (χ4n) is 4.44. The molecule has 1 atom stereocenters. The Morgan fingerprint density at radius 1 is 1.17 bits per heavy atom. The van der Waals surface area contributed by atoms with E-state index in [9.17, 15) is 0 Å². The first-order valence-corrected chi connectivity index (χ1v) is 10.8. The monoisotopic (exact) mass is 400 g/mol. The Morgan fingerprint density at radius 2 is 2.03 bits per heavy atom. The number of nitrogens with one attached hydrogen (secondary N) is 1. The van der Waals surface area contributed by atoms with Crippen molar-refractivity contribution in [1.29, 1.82) is 0 Å². The third kappa shape index (κ3) is 3.21. The van der Waals surface area contributed by atoms with Gasteiger partial charge in [0.25, 0.3) is 0 Å². The zero-order valence-corrected chi connectivity index (χ0v) is 17.8. The van der Waals surface area contributed by atoms with E-state index in [0.29, 0.717) is 6.04 Å². The molecule has 0 unspecified atom stereocenters. The van der Waals surface area contributed by atoms with Crippen LogP contribution in [-0.2, 0) is 6.42 Å². The Kier molecular flexibility index (Phi) is 4.66. The van der Waals surface area contributed by atoms with E-state index in [0.717, 1.165) is 46.7 Å². The highest BCUT2D eigenvalue weighted by atomic mass is 15.3. The molecule has 6 nitrogen and oxygen atoms in total. The fraction of sp³-hybridized carbons (Fsp3) is 0.375. The van der Waals surface area contributed by atoms with Gasteiger partial charge in [-0.2, -0.15) is 5.10 Å². The van der Waals surface area contributed by atoms with E-state index >= 15 is 0 Å². The number of aryl methyl sites for hydroxylation is 2. The average molecular weight is 401 g/mol. The van der Waals surface area contributed by atoms with Gasteiger partial charge >= 0.3 is 0 Å². The summed E-state index contributed by atoms with van der Waals surface area (Å²) in [5, 5.41) is 4.63. The van der Waals surface area contributed by atoms with Gasteiger partial charge in [-0.05, 0) is 62.8 Å². The summed E-state index contributed by atoms with van der Waals surface area (Å²) in [7, 11) is 0. The van der Waals surface area contributed by atoms with Crippen LogP contribution in [0.25, 0.3) is 33.7 Å². The molecule has 0 bridgehead atoms. The molecular formula is C24H28N6. The maximum absolute atomic E-state index is 6.40. The minimum Gasteiger partial charge on any atom is -0.336 e. The second kappa shape index (κ2) is 7.36. The summed E-state index contributed by atoms with van der Waals surface area (Å²) in [6, 6.07) is 9.21. The number of benzene rings is 1. The number of hydrogen-bond donors (Lipinski definition) is 2. The smallest absolute Gasteiger partial charge is 0.178 e. The highest BCUT2D eigenvalue weighted by Crippen LogP contribution is 2.34. The van der Waals surface area contributed by atoms with E-state index < -0.39 is 0 Å². The lowest BCUT2D eigenvalue weighted by atomic mass is 9.94. The van der Waals surface area contributed by atoms with Crippen LogP contribution < -0.4 is 5.73 Å². The van der Waals surface area contributed by atoms with Gasteiger partial charge in [0.05, 0.1) is 16.8 Å². The van der Waals surface area contributed by atoms with E-state index in [-0.39, 0.29) is 6.04 Å². The van der Waals surface area contributed by atoms with E-state index in [1.165, 1.54) is 29.5 Å². The molecule has 0 radical (unpaired) electrons. The zero-order chi connectivity index (χ0) is 20.8. The Hall–Kier alpha value is -2.99. The number of pyridine rings is 1. The van der Waals surface area contributed by atoms with Crippen molar-refractivity contribution >= 4 is 11.2 Å². The van der Waals surface area contributed by atoms with Crippen molar-refractivity contribution in [3.63, 3.8) is 0 Å². The quantitative estimate of drug-likeness (QED) is 0.468. The number of hydrogen-bond acceptors (Lipinski definition) is 4. The Balaban J connectivity index is 1.61. The lowest BCUT2D eigenvalue weighted by Crippen LogP contribution is -2.10. The molecule has 4 aromatic rings. The Bertz CT molecular complexity index is 1220. The molecule has 0 saturated carbocycles. The molecule has 3 heterocycles. The van der Waals surface area contributed by atoms with Crippen LogP contribution in [0, 0.1) is 6.92 Å². The second-order valence-electron chi connectivity index (χ2n) is 8.61. The van der Waals surface area contributed by atoms with Gasteiger partial charge in [0.1, 0.15) is 5.82 Å². The third-order valence-corrected chi connectivity index (χ3v) is 6.16. The highest BCUT2D eigenvalue weighted by Gasteiger charge is 2.18. The summed E-state index contributed by atoms with van der Waals surface area (Å²) < 4.78 is 1.97. The number of fused-ring (bicyclic) bond motifs is 2. The van der Waals surface area contributed by atoms with Crippen LogP contribution in [0.15, 0.2) is 36.7 Å². The van der Waals surface area contributed by atoms with Gasteiger partial charge in [-0.1, -0.05) is 24.6 Å². The second-order valence-corrected chi connectivity index (χ2v) is 8.61. The number of imidazole rings is 1. The molecule has 0 amide bonds. The average Bonchev–Trinajstić information content (AvgIpc) is 3.28.